The van der Waals surface area contributed by atoms with Crippen molar-refractivity contribution in [2.75, 3.05) is 25.1 Å². The molecule has 2 N–H and O–H groups in total. The molecule has 0 atom stereocenters. The van der Waals surface area contributed by atoms with E-state index >= 15 is 0 Å². The second-order valence-corrected chi connectivity index (χ2v) is 7.61. The lowest BCUT2D eigenvalue weighted by molar-refractivity contribution is 0.107. The van der Waals surface area contributed by atoms with Gasteiger partial charge in [0.05, 0.1) is 19.8 Å². The molecule has 4 nitrogen and oxygen atoms in total. The molecule has 0 aliphatic rings. The van der Waals surface area contributed by atoms with Crippen LogP contribution < -0.4 is 10.6 Å². The van der Waals surface area contributed by atoms with Crippen molar-refractivity contribution in [3.63, 3.8) is 0 Å². The number of halogens is 1. The molecular weight excluding hydrogens is 493 g/mol. The molecule has 2 aromatic carbocycles. The molecule has 0 aromatic heterocycles. The first-order chi connectivity index (χ1) is 13.8. The summed E-state index contributed by atoms with van der Waals surface area (Å²) in [6, 6.07) is 18.7. The number of hydrogen-bond acceptors (Lipinski definition) is 3. The largest absolute Gasteiger partial charge is 0.372 e. The molecule has 29 heavy (non-hydrogen) atoms. The molecule has 0 aliphatic heterocycles. The van der Waals surface area contributed by atoms with Crippen molar-refractivity contribution in [3.8, 4) is 0 Å². The average Bonchev–Trinajstić information content (AvgIpc) is 2.73. The summed E-state index contributed by atoms with van der Waals surface area (Å²) < 4.78 is 5.85. The number of ether oxygens (including phenoxy) is 1. The molecule has 0 saturated heterocycles. The van der Waals surface area contributed by atoms with E-state index in [1.165, 1.54) is 35.3 Å². The van der Waals surface area contributed by atoms with E-state index in [4.69, 9.17) is 9.73 Å². The lowest BCUT2D eigenvalue weighted by Gasteiger charge is -2.11. The smallest absolute Gasteiger partial charge is 0.191 e. The minimum Gasteiger partial charge on any atom is -0.372 e. The van der Waals surface area contributed by atoms with E-state index in [1.807, 2.05) is 30.0 Å². The Morgan fingerprint density at radius 1 is 0.931 bits per heavy atom. The first kappa shape index (κ1) is 25.8. The number of hydrogen-bond donors (Lipinski definition) is 2. The Morgan fingerprint density at radius 3 is 2.41 bits per heavy atom. The molecule has 160 valence electrons. The topological polar surface area (TPSA) is 45.7 Å². The van der Waals surface area contributed by atoms with Crippen LogP contribution in [-0.2, 0) is 24.5 Å². The van der Waals surface area contributed by atoms with E-state index in [1.54, 1.807) is 0 Å². The van der Waals surface area contributed by atoms with Crippen molar-refractivity contribution < 1.29 is 4.74 Å². The molecule has 0 fully saturated rings. The minimum absolute atomic E-state index is 0. The van der Waals surface area contributed by atoms with Gasteiger partial charge in [-0.2, -0.15) is 11.8 Å². The third-order valence-corrected chi connectivity index (χ3v) is 4.90. The molecule has 0 bridgehead atoms. The van der Waals surface area contributed by atoms with Crippen LogP contribution >= 0.6 is 35.7 Å². The Kier molecular flexibility index (Phi) is 14.7. The van der Waals surface area contributed by atoms with Gasteiger partial charge in [-0.25, -0.2) is 4.99 Å². The molecular formula is C23H34IN3OS. The Hall–Kier alpha value is -1.25. The van der Waals surface area contributed by atoms with Crippen LogP contribution in [0.15, 0.2) is 59.6 Å². The fraction of sp³-hybridized carbons (Fsp3) is 0.435. The van der Waals surface area contributed by atoms with Gasteiger partial charge in [-0.1, -0.05) is 54.6 Å². The minimum atomic E-state index is 0. The van der Waals surface area contributed by atoms with Crippen molar-refractivity contribution in [1.82, 2.24) is 10.6 Å². The predicted octanol–water partition coefficient (Wildman–Crippen LogP) is 5.22. The summed E-state index contributed by atoms with van der Waals surface area (Å²) in [7, 11) is 0. The Bertz CT molecular complexity index is 698. The van der Waals surface area contributed by atoms with Crippen LogP contribution in [0.3, 0.4) is 0 Å². The maximum atomic E-state index is 5.85. The first-order valence-electron chi connectivity index (χ1n) is 10.0. The van der Waals surface area contributed by atoms with Crippen LogP contribution in [0.1, 0.15) is 36.5 Å². The number of benzene rings is 2. The number of thioether (sulfide) groups is 1. The van der Waals surface area contributed by atoms with E-state index in [2.05, 4.69) is 60.2 Å². The first-order valence-corrected chi connectivity index (χ1v) is 11.4. The third-order valence-electron chi connectivity index (χ3n) is 4.20. The molecule has 0 aliphatic carbocycles. The van der Waals surface area contributed by atoms with Gasteiger partial charge < -0.3 is 15.4 Å². The second kappa shape index (κ2) is 16.5. The van der Waals surface area contributed by atoms with Crippen LogP contribution in [-0.4, -0.2) is 31.1 Å². The molecule has 6 heteroatoms. The van der Waals surface area contributed by atoms with E-state index in [0.717, 1.165) is 19.0 Å². The van der Waals surface area contributed by atoms with Gasteiger partial charge in [0.25, 0.3) is 0 Å². The van der Waals surface area contributed by atoms with Gasteiger partial charge in [0.1, 0.15) is 0 Å². The van der Waals surface area contributed by atoms with E-state index in [9.17, 15) is 0 Å². The summed E-state index contributed by atoms with van der Waals surface area (Å²) in [4.78, 5) is 4.72. The van der Waals surface area contributed by atoms with Crippen molar-refractivity contribution in [2.24, 2.45) is 4.99 Å². The number of guanidine groups is 1. The fourth-order valence-corrected chi connectivity index (χ4v) is 3.26. The maximum Gasteiger partial charge on any atom is 0.191 e. The highest BCUT2D eigenvalue weighted by molar-refractivity contribution is 14.0. The SMILES string of the molecule is CCNC(=NCc1cccc(COCc2ccccc2)c1)NCCCCSC.I. The number of aliphatic imine (C=N–C) groups is 1. The quantitative estimate of drug-likeness (QED) is 0.172. The number of unbranched alkanes of at least 4 members (excludes halogenated alkanes) is 1. The molecule has 2 rings (SSSR count). The van der Waals surface area contributed by atoms with E-state index < -0.39 is 0 Å². The normalized spacial score (nSPS) is 11.0. The summed E-state index contributed by atoms with van der Waals surface area (Å²) in [6.07, 6.45) is 4.55. The van der Waals surface area contributed by atoms with Gasteiger partial charge in [0, 0.05) is 13.1 Å². The highest BCUT2D eigenvalue weighted by atomic mass is 127. The lowest BCUT2D eigenvalue weighted by atomic mass is 10.1. The maximum absolute atomic E-state index is 5.85. The average molecular weight is 528 g/mol. The molecule has 0 radical (unpaired) electrons. The Labute approximate surface area is 197 Å². The second-order valence-electron chi connectivity index (χ2n) is 6.62. The van der Waals surface area contributed by atoms with E-state index in [0.29, 0.717) is 19.8 Å². The zero-order valence-corrected chi connectivity index (χ0v) is 20.7. The van der Waals surface area contributed by atoms with Crippen LogP contribution in [0.4, 0.5) is 0 Å². The summed E-state index contributed by atoms with van der Waals surface area (Å²) in [5.74, 6) is 2.10. The van der Waals surface area contributed by atoms with Crippen LogP contribution in [0.25, 0.3) is 0 Å². The zero-order valence-electron chi connectivity index (χ0n) is 17.5. The molecule has 0 saturated carbocycles. The van der Waals surface area contributed by atoms with Crippen LogP contribution in [0, 0.1) is 0 Å². The van der Waals surface area contributed by atoms with Gasteiger partial charge in [-0.3, -0.25) is 0 Å². The van der Waals surface area contributed by atoms with Gasteiger partial charge in [-0.05, 0) is 48.5 Å². The van der Waals surface area contributed by atoms with Gasteiger partial charge in [-0.15, -0.1) is 24.0 Å². The van der Waals surface area contributed by atoms with Crippen molar-refractivity contribution >= 4 is 41.7 Å². The van der Waals surface area contributed by atoms with E-state index in [-0.39, 0.29) is 24.0 Å². The number of nitrogens with one attached hydrogen (secondary N) is 2. The Morgan fingerprint density at radius 2 is 1.66 bits per heavy atom. The van der Waals surface area contributed by atoms with Crippen LogP contribution in [0.5, 0.6) is 0 Å². The monoisotopic (exact) mass is 527 g/mol. The molecule has 0 unspecified atom stereocenters. The van der Waals surface area contributed by atoms with Crippen molar-refractivity contribution in [2.45, 2.75) is 39.5 Å². The number of nitrogens with zero attached hydrogens (tertiary/aromatic N) is 1. The fourth-order valence-electron chi connectivity index (χ4n) is 2.77. The molecule has 0 spiro atoms. The lowest BCUT2D eigenvalue weighted by Crippen LogP contribution is -2.37. The zero-order chi connectivity index (χ0) is 19.9. The summed E-state index contributed by atoms with van der Waals surface area (Å²) >= 11 is 1.90. The molecule has 2 aromatic rings. The Balaban J connectivity index is 0.00000420. The van der Waals surface area contributed by atoms with Gasteiger partial charge in [0.15, 0.2) is 5.96 Å². The van der Waals surface area contributed by atoms with Crippen molar-refractivity contribution in [1.29, 1.82) is 0 Å². The highest BCUT2D eigenvalue weighted by Crippen LogP contribution is 2.10. The third kappa shape index (κ3) is 11.5. The van der Waals surface area contributed by atoms with Gasteiger partial charge >= 0.3 is 0 Å². The number of rotatable bonds is 12. The molecule has 0 amide bonds. The van der Waals surface area contributed by atoms with Crippen LogP contribution in [0.2, 0.25) is 0 Å². The standard InChI is InChI=1S/C23H33N3OS.HI/c1-3-24-23(25-14-7-8-15-28-2)26-17-21-12-9-13-22(16-21)19-27-18-20-10-5-4-6-11-20;/h4-6,9-13,16H,3,7-8,14-15,17-19H2,1-2H3,(H2,24,25,26);1H. The van der Waals surface area contributed by atoms with Crippen molar-refractivity contribution in [3.05, 3.63) is 71.3 Å². The molecule has 0 heterocycles. The highest BCUT2D eigenvalue weighted by Gasteiger charge is 2.00. The van der Waals surface area contributed by atoms with Gasteiger partial charge in [0.2, 0.25) is 0 Å². The summed E-state index contributed by atoms with van der Waals surface area (Å²) in [5.41, 5.74) is 3.57. The summed E-state index contributed by atoms with van der Waals surface area (Å²) in [5, 5.41) is 6.74. The summed E-state index contributed by atoms with van der Waals surface area (Å²) in [6.45, 7) is 5.82. The predicted molar refractivity (Wildman–Crippen MR) is 137 cm³/mol.